The summed E-state index contributed by atoms with van der Waals surface area (Å²) in [6.07, 6.45) is 3.04. The Kier molecular flexibility index (Phi) is 7.33. The molecule has 1 amide bonds. The predicted molar refractivity (Wildman–Crippen MR) is 133 cm³/mol. The first-order valence-corrected chi connectivity index (χ1v) is 11.8. The van der Waals surface area contributed by atoms with Crippen molar-refractivity contribution >= 4 is 28.6 Å². The maximum Gasteiger partial charge on any atom is 0.225 e. The van der Waals surface area contributed by atoms with Gasteiger partial charge in [0.15, 0.2) is 11.6 Å². The van der Waals surface area contributed by atoms with Crippen LogP contribution >= 0.6 is 0 Å². The lowest BCUT2D eigenvalue weighted by Gasteiger charge is -2.29. The summed E-state index contributed by atoms with van der Waals surface area (Å²) in [6.45, 7) is 1.97. The third-order valence-corrected chi connectivity index (χ3v) is 6.53. The second-order valence-corrected chi connectivity index (χ2v) is 9.25. The predicted octanol–water partition coefficient (Wildman–Crippen LogP) is 4.83. The van der Waals surface area contributed by atoms with Gasteiger partial charge in [-0.1, -0.05) is 12.1 Å². The number of hydrogen-bond donors (Lipinski definition) is 2. The topological polar surface area (TPSA) is 79.4 Å². The summed E-state index contributed by atoms with van der Waals surface area (Å²) >= 11 is 0. The highest BCUT2D eigenvalue weighted by atomic mass is 19.2. The van der Waals surface area contributed by atoms with Gasteiger partial charge in [0.05, 0.1) is 18.7 Å². The van der Waals surface area contributed by atoms with E-state index < -0.39 is 11.6 Å². The van der Waals surface area contributed by atoms with Gasteiger partial charge in [-0.25, -0.2) is 13.8 Å². The number of carbonyl (C=O) groups is 1. The van der Waals surface area contributed by atoms with Gasteiger partial charge in [0.2, 0.25) is 11.9 Å². The van der Waals surface area contributed by atoms with Crippen LogP contribution in [0, 0.1) is 17.6 Å². The van der Waals surface area contributed by atoms with Crippen molar-refractivity contribution in [1.29, 1.82) is 0 Å². The van der Waals surface area contributed by atoms with Crippen molar-refractivity contribution in [3.05, 3.63) is 53.6 Å². The lowest BCUT2D eigenvalue weighted by Crippen LogP contribution is -2.37. The van der Waals surface area contributed by atoms with Gasteiger partial charge in [0.1, 0.15) is 11.6 Å². The molecule has 7 nitrogen and oxygen atoms in total. The Morgan fingerprint density at radius 3 is 2.49 bits per heavy atom. The zero-order chi connectivity index (χ0) is 25.1. The fraction of sp³-hybridized carbons (Fsp3) is 0.423. The number of halogens is 2. The number of carbonyl (C=O) groups excluding carboxylic acids is 1. The van der Waals surface area contributed by atoms with Gasteiger partial charge in [-0.2, -0.15) is 4.98 Å². The summed E-state index contributed by atoms with van der Waals surface area (Å²) in [7, 11) is 5.21. The van der Waals surface area contributed by atoms with Gasteiger partial charge in [-0.05, 0) is 56.4 Å². The van der Waals surface area contributed by atoms with Crippen molar-refractivity contribution in [2.45, 2.75) is 44.7 Å². The zero-order valence-electron chi connectivity index (χ0n) is 20.4. The van der Waals surface area contributed by atoms with Crippen LogP contribution in [-0.4, -0.2) is 43.1 Å². The average Bonchev–Trinajstić information content (AvgIpc) is 2.85. The van der Waals surface area contributed by atoms with Crippen molar-refractivity contribution < 1.29 is 18.3 Å². The largest absolute Gasteiger partial charge is 0.497 e. The van der Waals surface area contributed by atoms with Crippen LogP contribution in [0.5, 0.6) is 5.75 Å². The van der Waals surface area contributed by atoms with E-state index in [1.165, 1.54) is 0 Å². The number of nitrogens with one attached hydrogen (secondary N) is 2. The minimum atomic E-state index is -0.943. The van der Waals surface area contributed by atoms with E-state index in [1.807, 2.05) is 31.2 Å². The van der Waals surface area contributed by atoms with Crippen LogP contribution in [0.2, 0.25) is 0 Å². The molecule has 4 rings (SSSR count). The number of nitrogens with zero attached hydrogens (tertiary/aromatic N) is 3. The van der Waals surface area contributed by atoms with E-state index in [1.54, 1.807) is 26.1 Å². The third-order valence-electron chi connectivity index (χ3n) is 6.53. The first kappa shape index (κ1) is 24.6. The summed E-state index contributed by atoms with van der Waals surface area (Å²) in [5.74, 6) is -0.246. The van der Waals surface area contributed by atoms with Gasteiger partial charge >= 0.3 is 0 Å². The number of fused-ring (bicyclic) bond motifs is 1. The van der Waals surface area contributed by atoms with Crippen LogP contribution in [0.1, 0.15) is 44.2 Å². The number of methoxy groups -OCH3 is 1. The lowest BCUT2D eigenvalue weighted by atomic mass is 9.85. The molecule has 1 heterocycles. The van der Waals surface area contributed by atoms with Crippen LogP contribution in [-0.2, 0) is 4.79 Å². The highest BCUT2D eigenvalue weighted by Crippen LogP contribution is 2.30. The van der Waals surface area contributed by atoms with Crippen molar-refractivity contribution in [3.63, 3.8) is 0 Å². The van der Waals surface area contributed by atoms with E-state index in [4.69, 9.17) is 4.74 Å². The Labute approximate surface area is 203 Å². The second kappa shape index (κ2) is 10.4. The fourth-order valence-electron chi connectivity index (χ4n) is 4.52. The van der Waals surface area contributed by atoms with E-state index in [2.05, 4.69) is 20.6 Å². The Bertz CT molecular complexity index is 1210. The molecule has 3 aromatic rings. The Hall–Kier alpha value is -3.49. The highest BCUT2D eigenvalue weighted by Gasteiger charge is 2.28. The molecular weight excluding hydrogens is 452 g/mol. The Morgan fingerprint density at radius 1 is 1.09 bits per heavy atom. The smallest absolute Gasteiger partial charge is 0.225 e. The number of anilines is 2. The maximum atomic E-state index is 13.8. The Balaban J connectivity index is 1.38. The van der Waals surface area contributed by atoms with Crippen molar-refractivity contribution in [2.24, 2.45) is 5.92 Å². The van der Waals surface area contributed by atoms with E-state index in [9.17, 15) is 13.6 Å². The number of aromatic nitrogens is 2. The quantitative estimate of drug-likeness (QED) is 0.501. The molecule has 0 bridgehead atoms. The molecule has 1 aliphatic carbocycles. The summed E-state index contributed by atoms with van der Waals surface area (Å²) < 4.78 is 32.9. The van der Waals surface area contributed by atoms with Crippen LogP contribution in [0.25, 0.3) is 10.9 Å². The Morgan fingerprint density at radius 2 is 1.80 bits per heavy atom. The van der Waals surface area contributed by atoms with E-state index >= 15 is 0 Å². The van der Waals surface area contributed by atoms with Gasteiger partial charge in [-0.3, -0.25) is 4.79 Å². The SMILES string of the molecule is COc1cccc([C@@H](C)NC(=O)[C@H]2CC[C@@H](Nc3nc(N(C)C)c4cc(F)c(F)cc4n3)CC2)c1. The monoisotopic (exact) mass is 483 g/mol. The number of benzene rings is 2. The first-order valence-electron chi connectivity index (χ1n) is 11.8. The van der Waals surface area contributed by atoms with Crippen molar-refractivity contribution in [2.75, 3.05) is 31.4 Å². The fourth-order valence-corrected chi connectivity index (χ4v) is 4.52. The zero-order valence-corrected chi connectivity index (χ0v) is 20.4. The normalized spacial score (nSPS) is 18.7. The molecule has 0 radical (unpaired) electrons. The van der Waals surface area contributed by atoms with E-state index in [0.717, 1.165) is 49.1 Å². The minimum absolute atomic E-state index is 0.0492. The molecule has 2 aromatic carbocycles. The average molecular weight is 484 g/mol. The molecule has 0 aliphatic heterocycles. The van der Waals surface area contributed by atoms with Crippen molar-refractivity contribution in [1.82, 2.24) is 15.3 Å². The highest BCUT2D eigenvalue weighted by molar-refractivity contribution is 5.90. The summed E-state index contributed by atoms with van der Waals surface area (Å²) in [5.41, 5.74) is 1.33. The maximum absolute atomic E-state index is 13.8. The van der Waals surface area contributed by atoms with Crippen LogP contribution in [0.4, 0.5) is 20.5 Å². The second-order valence-electron chi connectivity index (χ2n) is 9.25. The van der Waals surface area contributed by atoms with E-state index in [0.29, 0.717) is 22.7 Å². The molecule has 1 fully saturated rings. The molecule has 1 aliphatic rings. The summed E-state index contributed by atoms with van der Waals surface area (Å²) in [4.78, 5) is 23.6. The van der Waals surface area contributed by atoms with Gasteiger partial charge in [0.25, 0.3) is 0 Å². The van der Waals surface area contributed by atoms with Crippen LogP contribution < -0.4 is 20.3 Å². The standard InChI is InChI=1S/C26H31F2N5O2/c1-15(17-6-5-7-19(12-17)35-4)29-25(34)16-8-10-18(11-9-16)30-26-31-23-14-22(28)21(27)13-20(23)24(32-26)33(2)3/h5-7,12-16,18H,8-11H2,1-4H3,(H,29,34)(H,30,31,32)/t15-,16-,18+/m1/s1. The number of hydrogen-bond acceptors (Lipinski definition) is 6. The molecule has 0 spiro atoms. The summed E-state index contributed by atoms with van der Waals surface area (Å²) in [6, 6.07) is 9.88. The third kappa shape index (κ3) is 5.61. The van der Waals surface area contributed by atoms with Crippen molar-refractivity contribution in [3.8, 4) is 5.75 Å². The van der Waals surface area contributed by atoms with E-state index in [-0.39, 0.29) is 23.9 Å². The van der Waals surface area contributed by atoms with Gasteiger partial charge in [0, 0.05) is 37.5 Å². The minimum Gasteiger partial charge on any atom is -0.497 e. The first-order chi connectivity index (χ1) is 16.7. The molecule has 2 N–H and O–H groups in total. The molecule has 1 aromatic heterocycles. The van der Waals surface area contributed by atoms with Crippen LogP contribution in [0.15, 0.2) is 36.4 Å². The molecule has 1 saturated carbocycles. The molecule has 1 atom stereocenters. The number of ether oxygens (including phenoxy) is 1. The molecular formula is C26H31F2N5O2. The van der Waals surface area contributed by atoms with Gasteiger partial charge in [-0.15, -0.1) is 0 Å². The molecule has 0 saturated heterocycles. The van der Waals surface area contributed by atoms with Crippen LogP contribution in [0.3, 0.4) is 0 Å². The molecule has 186 valence electrons. The molecule has 35 heavy (non-hydrogen) atoms. The van der Waals surface area contributed by atoms with Gasteiger partial charge < -0.3 is 20.3 Å². The molecule has 9 heteroatoms. The number of rotatable bonds is 7. The lowest BCUT2D eigenvalue weighted by molar-refractivity contribution is -0.126. The number of amides is 1. The molecule has 0 unspecified atom stereocenters. The summed E-state index contributed by atoms with van der Waals surface area (Å²) in [5, 5.41) is 6.90.